The fraction of sp³-hybridized carbons (Fsp3) is 0.250. The standard InChI is InChI=1S/C8H8BrFO/c1-11-7-5-3-2-4-6(7)8(9)10/h2-5,8H,1H3. The van der Waals surface area contributed by atoms with E-state index >= 15 is 0 Å². The van der Waals surface area contributed by atoms with E-state index in [-0.39, 0.29) is 0 Å². The Balaban J connectivity index is 3.02. The summed E-state index contributed by atoms with van der Waals surface area (Å²) in [6.45, 7) is 0. The van der Waals surface area contributed by atoms with Gasteiger partial charge in [-0.2, -0.15) is 0 Å². The van der Waals surface area contributed by atoms with Gasteiger partial charge in [-0.15, -0.1) is 0 Å². The molecule has 0 spiro atoms. The first kappa shape index (κ1) is 8.53. The van der Waals surface area contributed by atoms with Gasteiger partial charge in [0.15, 0.2) is 5.08 Å². The average molecular weight is 219 g/mol. The van der Waals surface area contributed by atoms with Crippen LogP contribution < -0.4 is 4.74 Å². The summed E-state index contributed by atoms with van der Waals surface area (Å²) in [7, 11) is 1.52. The minimum absolute atomic E-state index is 0.523. The Kier molecular flexibility index (Phi) is 2.88. The molecule has 1 rings (SSSR count). The molecule has 1 atom stereocenters. The lowest BCUT2D eigenvalue weighted by molar-refractivity contribution is 0.393. The van der Waals surface area contributed by atoms with Crippen LogP contribution in [0.4, 0.5) is 4.39 Å². The van der Waals surface area contributed by atoms with Gasteiger partial charge in [-0.25, -0.2) is 4.39 Å². The second-order valence-corrected chi connectivity index (χ2v) is 2.85. The summed E-state index contributed by atoms with van der Waals surface area (Å²) in [6, 6.07) is 6.98. The highest BCUT2D eigenvalue weighted by Crippen LogP contribution is 2.31. The first-order chi connectivity index (χ1) is 5.25. The molecule has 3 heteroatoms. The number of ether oxygens (including phenoxy) is 1. The van der Waals surface area contributed by atoms with E-state index < -0.39 is 5.08 Å². The molecule has 0 aliphatic carbocycles. The van der Waals surface area contributed by atoms with Gasteiger partial charge in [-0.3, -0.25) is 0 Å². The van der Waals surface area contributed by atoms with Crippen molar-refractivity contribution >= 4 is 15.9 Å². The summed E-state index contributed by atoms with van der Waals surface area (Å²) in [5, 5.41) is -1.15. The van der Waals surface area contributed by atoms with Crippen LogP contribution in [0.25, 0.3) is 0 Å². The van der Waals surface area contributed by atoms with E-state index in [9.17, 15) is 4.39 Å². The Bertz CT molecular complexity index is 237. The van der Waals surface area contributed by atoms with Gasteiger partial charge < -0.3 is 4.74 Å². The highest BCUT2D eigenvalue weighted by Gasteiger charge is 2.09. The van der Waals surface area contributed by atoms with E-state index in [4.69, 9.17) is 4.74 Å². The molecule has 0 saturated carbocycles. The van der Waals surface area contributed by atoms with Crippen molar-refractivity contribution in [3.63, 3.8) is 0 Å². The number of methoxy groups -OCH3 is 1. The number of halogens is 2. The van der Waals surface area contributed by atoms with Gasteiger partial charge >= 0.3 is 0 Å². The van der Waals surface area contributed by atoms with Crippen molar-refractivity contribution in [3.05, 3.63) is 29.8 Å². The predicted octanol–water partition coefficient (Wildman–Crippen LogP) is 3.06. The third-order valence-corrected chi connectivity index (χ3v) is 1.87. The first-order valence-electron chi connectivity index (χ1n) is 3.16. The van der Waals surface area contributed by atoms with Crippen LogP contribution in [0, 0.1) is 0 Å². The zero-order valence-electron chi connectivity index (χ0n) is 6.05. The number of hydrogen-bond acceptors (Lipinski definition) is 1. The SMILES string of the molecule is COc1ccccc1C(F)Br. The Morgan fingerprint density at radius 1 is 1.45 bits per heavy atom. The molecular formula is C8H8BrFO. The first-order valence-corrected chi connectivity index (χ1v) is 4.08. The molecule has 0 aliphatic rings. The monoisotopic (exact) mass is 218 g/mol. The van der Waals surface area contributed by atoms with Gasteiger partial charge in [0, 0.05) is 5.56 Å². The second kappa shape index (κ2) is 3.72. The van der Waals surface area contributed by atoms with Gasteiger partial charge in [0.05, 0.1) is 7.11 Å². The highest BCUT2D eigenvalue weighted by atomic mass is 79.9. The molecule has 0 fully saturated rings. The van der Waals surface area contributed by atoms with Crippen molar-refractivity contribution in [1.29, 1.82) is 0 Å². The zero-order valence-corrected chi connectivity index (χ0v) is 7.64. The van der Waals surface area contributed by atoms with Gasteiger partial charge in [0.25, 0.3) is 0 Å². The Morgan fingerprint density at radius 3 is 2.55 bits per heavy atom. The molecule has 0 heterocycles. The van der Waals surface area contributed by atoms with Crippen molar-refractivity contribution in [2.45, 2.75) is 5.08 Å². The molecule has 1 unspecified atom stereocenters. The number of para-hydroxylation sites is 1. The Morgan fingerprint density at radius 2 is 2.09 bits per heavy atom. The predicted molar refractivity (Wildman–Crippen MR) is 45.8 cm³/mol. The van der Waals surface area contributed by atoms with E-state index in [2.05, 4.69) is 15.9 Å². The molecule has 0 aliphatic heterocycles. The summed E-state index contributed by atoms with van der Waals surface area (Å²) in [5.74, 6) is 0.567. The number of alkyl halides is 2. The quantitative estimate of drug-likeness (QED) is 0.694. The van der Waals surface area contributed by atoms with Gasteiger partial charge in [-0.1, -0.05) is 18.2 Å². The van der Waals surface area contributed by atoms with Crippen LogP contribution in [-0.4, -0.2) is 7.11 Å². The third kappa shape index (κ3) is 1.93. The molecule has 11 heavy (non-hydrogen) atoms. The van der Waals surface area contributed by atoms with Crippen molar-refractivity contribution < 1.29 is 9.13 Å². The van der Waals surface area contributed by atoms with Gasteiger partial charge in [0.2, 0.25) is 0 Å². The molecule has 0 amide bonds. The van der Waals surface area contributed by atoms with Crippen LogP contribution in [0.15, 0.2) is 24.3 Å². The molecule has 0 aromatic heterocycles. The van der Waals surface area contributed by atoms with Crippen molar-refractivity contribution in [2.75, 3.05) is 7.11 Å². The number of benzene rings is 1. The summed E-state index contributed by atoms with van der Waals surface area (Å²) in [4.78, 5) is 0. The molecule has 0 bridgehead atoms. The highest BCUT2D eigenvalue weighted by molar-refractivity contribution is 9.09. The van der Waals surface area contributed by atoms with Crippen molar-refractivity contribution in [2.24, 2.45) is 0 Å². The second-order valence-electron chi connectivity index (χ2n) is 2.04. The van der Waals surface area contributed by atoms with Crippen molar-refractivity contribution in [3.8, 4) is 5.75 Å². The topological polar surface area (TPSA) is 9.23 Å². The van der Waals surface area contributed by atoms with E-state index in [1.807, 2.05) is 0 Å². The van der Waals surface area contributed by atoms with E-state index in [0.717, 1.165) is 0 Å². The minimum atomic E-state index is -1.15. The van der Waals surface area contributed by atoms with Gasteiger partial charge in [0.1, 0.15) is 5.75 Å². The van der Waals surface area contributed by atoms with Crippen LogP contribution in [0.3, 0.4) is 0 Å². The minimum Gasteiger partial charge on any atom is -0.496 e. The largest absolute Gasteiger partial charge is 0.496 e. The van der Waals surface area contributed by atoms with E-state index in [1.54, 1.807) is 24.3 Å². The maximum atomic E-state index is 12.7. The van der Waals surface area contributed by atoms with Crippen LogP contribution >= 0.6 is 15.9 Å². The maximum absolute atomic E-state index is 12.7. The molecule has 1 aromatic rings. The fourth-order valence-electron chi connectivity index (χ4n) is 0.847. The third-order valence-electron chi connectivity index (χ3n) is 1.37. The molecule has 0 radical (unpaired) electrons. The molecule has 0 N–H and O–H groups in total. The summed E-state index contributed by atoms with van der Waals surface area (Å²) < 4.78 is 17.7. The van der Waals surface area contributed by atoms with Crippen LogP contribution in [0.2, 0.25) is 0 Å². The molecule has 60 valence electrons. The average Bonchev–Trinajstić information content (AvgIpc) is 2.04. The van der Waals surface area contributed by atoms with Gasteiger partial charge in [-0.05, 0) is 22.0 Å². The number of hydrogen-bond donors (Lipinski definition) is 0. The smallest absolute Gasteiger partial charge is 0.183 e. The van der Waals surface area contributed by atoms with Crippen molar-refractivity contribution in [1.82, 2.24) is 0 Å². The van der Waals surface area contributed by atoms with E-state index in [0.29, 0.717) is 11.3 Å². The zero-order chi connectivity index (χ0) is 8.27. The summed E-state index contributed by atoms with van der Waals surface area (Å²) in [6.07, 6.45) is 0. The Hall–Kier alpha value is -0.570. The maximum Gasteiger partial charge on any atom is 0.183 e. The van der Waals surface area contributed by atoms with Crippen LogP contribution in [-0.2, 0) is 0 Å². The summed E-state index contributed by atoms with van der Waals surface area (Å²) >= 11 is 2.83. The van der Waals surface area contributed by atoms with Crippen LogP contribution in [0.1, 0.15) is 10.6 Å². The lowest BCUT2D eigenvalue weighted by Gasteiger charge is -2.06. The van der Waals surface area contributed by atoms with Crippen LogP contribution in [0.5, 0.6) is 5.75 Å². The molecule has 0 saturated heterocycles. The molecule has 1 nitrogen and oxygen atoms in total. The lowest BCUT2D eigenvalue weighted by atomic mass is 10.2. The summed E-state index contributed by atoms with van der Waals surface area (Å²) in [5.41, 5.74) is 0.523. The lowest BCUT2D eigenvalue weighted by Crippen LogP contribution is -1.89. The molecule has 1 aromatic carbocycles. The van der Waals surface area contributed by atoms with E-state index in [1.165, 1.54) is 7.11 Å². The normalized spacial score (nSPS) is 12.6. The fourth-order valence-corrected chi connectivity index (χ4v) is 1.22. The Labute approximate surface area is 73.3 Å². The number of rotatable bonds is 2. The molecular weight excluding hydrogens is 211 g/mol.